The molecule has 6 heteroatoms. The Labute approximate surface area is 125 Å². The van der Waals surface area contributed by atoms with Crippen molar-refractivity contribution in [1.82, 2.24) is 0 Å². The van der Waals surface area contributed by atoms with Crippen LogP contribution >= 0.6 is 0 Å². The minimum absolute atomic E-state index is 0.160. The lowest BCUT2D eigenvalue weighted by atomic mass is 10.2. The highest BCUT2D eigenvalue weighted by Crippen LogP contribution is 2.06. The molecule has 20 heavy (non-hydrogen) atoms. The van der Waals surface area contributed by atoms with Gasteiger partial charge in [0.25, 0.3) is 0 Å². The zero-order chi connectivity index (χ0) is 14.8. The Kier molecular flexibility index (Phi) is 7.16. The average Bonchev–Trinajstić information content (AvgIpc) is 2.39. The molecule has 104 valence electrons. The molecule has 0 aliphatic heterocycles. The van der Waals surface area contributed by atoms with Crippen molar-refractivity contribution < 1.29 is 38.5 Å². The molecule has 2 aromatic rings. The highest BCUT2D eigenvalue weighted by Gasteiger charge is 2.20. The Bertz CT molecular complexity index is 552. The number of hydrogen-bond acceptors (Lipinski definition) is 0. The zero-order valence-electron chi connectivity index (χ0n) is 10.2. The van der Waals surface area contributed by atoms with E-state index in [4.69, 9.17) is 0 Å². The molecule has 0 N–H and O–H groups in total. The fraction of sp³-hybridized carbons (Fsp3) is 0. The number of rotatable bonds is 1. The Balaban J connectivity index is 0.000000347. The van der Waals surface area contributed by atoms with Gasteiger partial charge in [0.15, 0.2) is 3.93 Å². The molecule has 0 aliphatic rings. The summed E-state index contributed by atoms with van der Waals surface area (Å²) in [5, 5.41) is 0. The first-order valence-corrected chi connectivity index (χ1v) is 7.73. The van der Waals surface area contributed by atoms with Crippen LogP contribution in [0.1, 0.15) is 5.56 Å². The van der Waals surface area contributed by atoms with E-state index in [0.717, 1.165) is 5.56 Å². The maximum Gasteiger partial charge on any atom is 0.673 e. The summed E-state index contributed by atoms with van der Waals surface area (Å²) >= 11 is -0.160. The Morgan fingerprint density at radius 2 is 1.20 bits per heavy atom. The lowest BCUT2D eigenvalue weighted by Gasteiger charge is -1.94. The summed E-state index contributed by atoms with van der Waals surface area (Å²) in [6, 6.07) is 20.6. The van der Waals surface area contributed by atoms with Crippen molar-refractivity contribution in [1.29, 1.82) is 0 Å². The van der Waals surface area contributed by atoms with Crippen LogP contribution < -0.4 is 21.2 Å². The molecule has 0 saturated carbocycles. The molecule has 0 fully saturated rings. The quantitative estimate of drug-likeness (QED) is 0.297. The van der Waals surface area contributed by atoms with Gasteiger partial charge in [0.2, 0.25) is 3.57 Å². The highest BCUT2D eigenvalue weighted by molar-refractivity contribution is 6.50. The maximum absolute atomic E-state index is 9.75. The molecule has 0 bridgehead atoms. The van der Waals surface area contributed by atoms with Crippen molar-refractivity contribution >= 4 is 7.25 Å². The van der Waals surface area contributed by atoms with Gasteiger partial charge in [-0.1, -0.05) is 36.4 Å². The summed E-state index contributed by atoms with van der Waals surface area (Å²) in [6.45, 7) is 0. The third-order valence-electron chi connectivity index (χ3n) is 1.85. The zero-order valence-corrected chi connectivity index (χ0v) is 12.4. The molecule has 0 saturated heterocycles. The van der Waals surface area contributed by atoms with Crippen LogP contribution in [0.25, 0.3) is 0 Å². The molecule has 0 atom stereocenters. The van der Waals surface area contributed by atoms with Crippen LogP contribution in [0.3, 0.4) is 0 Å². The van der Waals surface area contributed by atoms with Gasteiger partial charge >= 0.3 is 28.5 Å². The van der Waals surface area contributed by atoms with Crippen molar-refractivity contribution in [3.05, 3.63) is 69.8 Å². The minimum Gasteiger partial charge on any atom is -0.418 e. The van der Waals surface area contributed by atoms with E-state index in [-0.39, 0.29) is 21.2 Å². The second kappa shape index (κ2) is 8.64. The summed E-state index contributed by atoms with van der Waals surface area (Å²) in [5.41, 5.74) is 1.10. The lowest BCUT2D eigenvalue weighted by molar-refractivity contribution is -0.535. The van der Waals surface area contributed by atoms with Crippen molar-refractivity contribution in [3.63, 3.8) is 0 Å². The molecule has 0 aliphatic carbocycles. The second-order valence-corrected chi connectivity index (χ2v) is 5.79. The van der Waals surface area contributed by atoms with E-state index in [9.17, 15) is 17.3 Å². The predicted octanol–water partition coefficient (Wildman–Crippen LogP) is 1.25. The molecule has 0 aromatic heterocycles. The van der Waals surface area contributed by atoms with E-state index in [2.05, 4.69) is 34.1 Å². The fourth-order valence-corrected chi connectivity index (χ4v) is 2.66. The van der Waals surface area contributed by atoms with E-state index < -0.39 is 7.25 Å². The Morgan fingerprint density at radius 1 is 0.750 bits per heavy atom. The van der Waals surface area contributed by atoms with Gasteiger partial charge < -0.3 is 17.3 Å². The standard InChI is InChI=1S/C14H10I.BF4/c1-3-7-13(8-4-1)11-12-15-14-9-5-2-6-10-14;2-1(3,4)5/h1-10H;/q+1;-1. The summed E-state index contributed by atoms with van der Waals surface area (Å²) < 4.78 is 43.7. The third kappa shape index (κ3) is 9.45. The van der Waals surface area contributed by atoms with E-state index in [1.165, 1.54) is 3.57 Å². The van der Waals surface area contributed by atoms with Crippen LogP contribution in [0.2, 0.25) is 0 Å². The monoisotopic (exact) mass is 392 g/mol. The Hall–Kier alpha value is -1.49. The molecule has 0 amide bonds. The van der Waals surface area contributed by atoms with Crippen LogP contribution in [0.15, 0.2) is 60.7 Å². The van der Waals surface area contributed by atoms with Gasteiger partial charge in [0.1, 0.15) is 0 Å². The van der Waals surface area contributed by atoms with E-state index in [1.54, 1.807) is 0 Å². The van der Waals surface area contributed by atoms with Gasteiger partial charge in [-0.15, -0.1) is 0 Å². The Morgan fingerprint density at radius 3 is 1.70 bits per heavy atom. The second-order valence-electron chi connectivity index (χ2n) is 3.47. The molecular weight excluding hydrogens is 382 g/mol. The maximum atomic E-state index is 9.75. The van der Waals surface area contributed by atoms with Crippen molar-refractivity contribution in [2.24, 2.45) is 0 Å². The smallest absolute Gasteiger partial charge is 0.418 e. The van der Waals surface area contributed by atoms with Crippen LogP contribution in [-0.2, 0) is 0 Å². The van der Waals surface area contributed by atoms with Crippen LogP contribution in [-0.4, -0.2) is 7.25 Å². The van der Waals surface area contributed by atoms with Crippen LogP contribution in [0.5, 0.6) is 0 Å². The van der Waals surface area contributed by atoms with Gasteiger partial charge in [0.05, 0.1) is 0 Å². The predicted molar refractivity (Wildman–Crippen MR) is 68.6 cm³/mol. The lowest BCUT2D eigenvalue weighted by Crippen LogP contribution is -3.59. The molecular formula is C14H10BF4I. The van der Waals surface area contributed by atoms with Crippen molar-refractivity contribution in [2.45, 2.75) is 0 Å². The van der Waals surface area contributed by atoms with Crippen molar-refractivity contribution in [2.75, 3.05) is 0 Å². The first-order chi connectivity index (χ1) is 9.45. The normalized spacial score (nSPS) is 9.80. The van der Waals surface area contributed by atoms with E-state index in [0.29, 0.717) is 0 Å². The topological polar surface area (TPSA) is 0 Å². The molecule has 0 radical (unpaired) electrons. The fourth-order valence-electron chi connectivity index (χ4n) is 1.13. The van der Waals surface area contributed by atoms with Crippen LogP contribution in [0.4, 0.5) is 17.3 Å². The first kappa shape index (κ1) is 16.6. The molecule has 0 heterocycles. The number of halogens is 5. The average molecular weight is 392 g/mol. The summed E-state index contributed by atoms with van der Waals surface area (Å²) in [7, 11) is -6.00. The third-order valence-corrected chi connectivity index (χ3v) is 3.74. The molecule has 0 unspecified atom stereocenters. The number of benzene rings is 2. The van der Waals surface area contributed by atoms with E-state index >= 15 is 0 Å². The molecule has 2 aromatic carbocycles. The number of hydrogen-bond donors (Lipinski definition) is 0. The van der Waals surface area contributed by atoms with Crippen LogP contribution in [0, 0.1) is 13.4 Å². The van der Waals surface area contributed by atoms with Gasteiger partial charge in [-0.3, -0.25) is 0 Å². The molecule has 2 rings (SSSR count). The van der Waals surface area contributed by atoms with Gasteiger partial charge in [0, 0.05) is 5.56 Å². The summed E-state index contributed by atoms with van der Waals surface area (Å²) in [4.78, 5) is 0. The van der Waals surface area contributed by atoms with E-state index in [1.807, 2.05) is 36.4 Å². The minimum atomic E-state index is -6.00. The molecule has 0 spiro atoms. The summed E-state index contributed by atoms with van der Waals surface area (Å²) in [5.74, 6) is 3.19. The molecule has 0 nitrogen and oxygen atoms in total. The van der Waals surface area contributed by atoms with Gasteiger partial charge in [-0.2, -0.15) is 0 Å². The highest BCUT2D eigenvalue weighted by atomic mass is 127. The summed E-state index contributed by atoms with van der Waals surface area (Å²) in [6.07, 6.45) is 0. The first-order valence-electron chi connectivity index (χ1n) is 5.57. The largest absolute Gasteiger partial charge is 0.673 e. The SMILES string of the molecule is C(#Cc1ccccc1)[I+]c1ccccc1.F[B-](F)(F)F. The van der Waals surface area contributed by atoms with Gasteiger partial charge in [-0.25, -0.2) is 0 Å². The van der Waals surface area contributed by atoms with Gasteiger partial charge in [-0.05, 0) is 30.2 Å². The van der Waals surface area contributed by atoms with Crippen molar-refractivity contribution in [3.8, 4) is 9.85 Å².